The molecule has 0 bridgehead atoms. The van der Waals surface area contributed by atoms with E-state index in [1.807, 2.05) is 6.92 Å². The lowest BCUT2D eigenvalue weighted by molar-refractivity contribution is 0.176. The topological polar surface area (TPSA) is 83.2 Å². The Labute approximate surface area is 110 Å². The third kappa shape index (κ3) is 4.20. The maximum Gasteiger partial charge on any atom is 0.161 e. The van der Waals surface area contributed by atoms with Crippen LogP contribution in [0.15, 0.2) is 6.07 Å². The zero-order valence-corrected chi connectivity index (χ0v) is 11.0. The maximum absolute atomic E-state index is 9.58. The average molecular weight is 279 g/mol. The highest BCUT2D eigenvalue weighted by atomic mass is 35.5. The van der Waals surface area contributed by atoms with Gasteiger partial charge in [0.2, 0.25) is 0 Å². The molecule has 1 heterocycles. The molecule has 1 atom stereocenters. The Balaban J connectivity index is 2.70. The number of nitrogens with one attached hydrogen (secondary N) is 2. The van der Waals surface area contributed by atoms with Crippen LogP contribution in [0.4, 0.5) is 11.6 Å². The van der Waals surface area contributed by atoms with Crippen LogP contribution < -0.4 is 16.6 Å². The molecule has 1 aromatic rings. The number of hydrogen-bond donors (Lipinski definition) is 4. The van der Waals surface area contributed by atoms with Gasteiger partial charge in [-0.2, -0.15) is 0 Å². The minimum atomic E-state index is -0.428. The first-order valence-corrected chi connectivity index (χ1v) is 6.08. The van der Waals surface area contributed by atoms with Crippen LogP contribution in [-0.2, 0) is 0 Å². The molecular weight excluding hydrogens is 263 g/mol. The van der Waals surface area contributed by atoms with Crippen molar-refractivity contribution in [2.45, 2.75) is 25.9 Å². The largest absolute Gasteiger partial charge is 0.391 e. The number of nitrogen functional groups attached to an aromatic ring is 1. The van der Waals surface area contributed by atoms with Crippen LogP contribution in [-0.4, -0.2) is 22.7 Å². The summed E-state index contributed by atoms with van der Waals surface area (Å²) in [6.07, 6.45) is 1.21. The molecule has 17 heavy (non-hydrogen) atoms. The van der Waals surface area contributed by atoms with Crippen molar-refractivity contribution >= 4 is 34.8 Å². The highest BCUT2D eigenvalue weighted by Gasteiger charge is 2.10. The number of hydrogen-bond acceptors (Lipinski definition) is 5. The van der Waals surface area contributed by atoms with Crippen LogP contribution in [0.5, 0.6) is 0 Å². The van der Waals surface area contributed by atoms with E-state index in [2.05, 4.69) is 15.7 Å². The van der Waals surface area contributed by atoms with E-state index in [9.17, 15) is 5.11 Å². The lowest BCUT2D eigenvalue weighted by atomic mass is 10.2. The minimum Gasteiger partial charge on any atom is -0.391 e. The van der Waals surface area contributed by atoms with E-state index in [4.69, 9.17) is 29.0 Å². The molecule has 5 nitrogen and oxygen atoms in total. The summed E-state index contributed by atoms with van der Waals surface area (Å²) in [4.78, 5) is 4.10. The van der Waals surface area contributed by atoms with Crippen molar-refractivity contribution in [3.8, 4) is 0 Å². The number of halogens is 2. The summed E-state index contributed by atoms with van der Waals surface area (Å²) in [6.45, 7) is 2.39. The third-order valence-electron chi connectivity index (χ3n) is 2.19. The van der Waals surface area contributed by atoms with Crippen molar-refractivity contribution in [3.05, 3.63) is 16.1 Å². The highest BCUT2D eigenvalue weighted by molar-refractivity contribution is 6.37. The van der Waals surface area contributed by atoms with Gasteiger partial charge in [-0.1, -0.05) is 36.5 Å². The van der Waals surface area contributed by atoms with E-state index in [0.717, 1.165) is 12.8 Å². The van der Waals surface area contributed by atoms with Gasteiger partial charge in [-0.25, -0.2) is 10.8 Å². The second-order valence-corrected chi connectivity index (χ2v) is 4.43. The summed E-state index contributed by atoms with van der Waals surface area (Å²) in [5.74, 6) is 6.04. The van der Waals surface area contributed by atoms with E-state index >= 15 is 0 Å². The molecule has 1 aromatic heterocycles. The van der Waals surface area contributed by atoms with Gasteiger partial charge in [-0.3, -0.25) is 0 Å². The van der Waals surface area contributed by atoms with Gasteiger partial charge in [0.1, 0.15) is 5.82 Å². The van der Waals surface area contributed by atoms with E-state index in [1.54, 1.807) is 6.07 Å². The molecule has 0 saturated carbocycles. The lowest BCUT2D eigenvalue weighted by Gasteiger charge is -2.13. The van der Waals surface area contributed by atoms with Crippen molar-refractivity contribution < 1.29 is 5.11 Å². The van der Waals surface area contributed by atoms with Crippen LogP contribution in [0, 0.1) is 0 Å². The molecule has 0 fully saturated rings. The summed E-state index contributed by atoms with van der Waals surface area (Å²) < 4.78 is 0. The first kappa shape index (κ1) is 14.3. The molecule has 0 radical (unpaired) electrons. The summed E-state index contributed by atoms with van der Waals surface area (Å²) in [7, 11) is 0. The van der Waals surface area contributed by atoms with Gasteiger partial charge in [0.05, 0.1) is 16.1 Å². The highest BCUT2D eigenvalue weighted by Crippen LogP contribution is 2.28. The van der Waals surface area contributed by atoms with Crippen molar-refractivity contribution in [1.29, 1.82) is 0 Å². The molecule has 0 aliphatic rings. The smallest absolute Gasteiger partial charge is 0.161 e. The summed E-state index contributed by atoms with van der Waals surface area (Å²) in [5.41, 5.74) is 2.37. The van der Waals surface area contributed by atoms with Gasteiger partial charge < -0.3 is 15.8 Å². The molecule has 1 rings (SSSR count). The van der Waals surface area contributed by atoms with Gasteiger partial charge in [0.25, 0.3) is 0 Å². The second-order valence-electron chi connectivity index (χ2n) is 3.62. The number of pyridine rings is 1. The number of anilines is 2. The Bertz CT molecular complexity index is 376. The Morgan fingerprint density at radius 1 is 1.41 bits per heavy atom. The number of aliphatic hydroxyl groups is 1. The van der Waals surface area contributed by atoms with E-state index in [0.29, 0.717) is 28.2 Å². The molecule has 96 valence electrons. The van der Waals surface area contributed by atoms with Crippen LogP contribution in [0.2, 0.25) is 10.0 Å². The summed E-state index contributed by atoms with van der Waals surface area (Å²) in [6, 6.07) is 1.54. The number of aromatic nitrogens is 1. The molecular formula is C10H16Cl2N4O. The number of hydrazine groups is 1. The van der Waals surface area contributed by atoms with Crippen LogP contribution in [0.3, 0.4) is 0 Å². The minimum absolute atomic E-state index is 0.337. The zero-order chi connectivity index (χ0) is 12.8. The molecule has 5 N–H and O–H groups in total. The molecule has 0 saturated heterocycles. The summed E-state index contributed by atoms with van der Waals surface area (Å²) >= 11 is 11.8. The number of aliphatic hydroxyl groups excluding tert-OH is 1. The van der Waals surface area contributed by atoms with E-state index < -0.39 is 6.10 Å². The van der Waals surface area contributed by atoms with Gasteiger partial charge in [0.15, 0.2) is 5.82 Å². The molecule has 0 spiro atoms. The Hall–Kier alpha value is -0.750. The standard InChI is InChI=1S/C10H16Cl2N4O/c1-2-3-6(17)5-14-9-7(11)4-8(12)10(15-9)16-13/h4,6,17H,2-3,5,13H2,1H3,(H2,14,15,16). The van der Waals surface area contributed by atoms with Crippen LogP contribution in [0.1, 0.15) is 19.8 Å². The number of rotatable bonds is 6. The lowest BCUT2D eigenvalue weighted by Crippen LogP contribution is -2.20. The SMILES string of the molecule is CCCC(O)CNc1nc(NN)c(Cl)cc1Cl. The first-order chi connectivity index (χ1) is 8.08. The van der Waals surface area contributed by atoms with Gasteiger partial charge in [-0.15, -0.1) is 0 Å². The molecule has 7 heteroatoms. The average Bonchev–Trinajstić information content (AvgIpc) is 2.28. The molecule has 0 amide bonds. The van der Waals surface area contributed by atoms with Crippen molar-refractivity contribution in [1.82, 2.24) is 4.98 Å². The van der Waals surface area contributed by atoms with Crippen molar-refractivity contribution in [2.75, 3.05) is 17.3 Å². The van der Waals surface area contributed by atoms with Crippen molar-refractivity contribution in [3.63, 3.8) is 0 Å². The fourth-order valence-electron chi connectivity index (χ4n) is 1.34. The van der Waals surface area contributed by atoms with E-state index in [-0.39, 0.29) is 0 Å². The predicted molar refractivity (Wildman–Crippen MR) is 71.5 cm³/mol. The van der Waals surface area contributed by atoms with Gasteiger partial charge in [0, 0.05) is 6.54 Å². The molecule has 0 aromatic carbocycles. The quantitative estimate of drug-likeness (QED) is 0.474. The first-order valence-electron chi connectivity index (χ1n) is 5.33. The van der Waals surface area contributed by atoms with E-state index in [1.165, 1.54) is 0 Å². The molecule has 0 aliphatic heterocycles. The predicted octanol–water partition coefficient (Wildman–Crippen LogP) is 2.25. The molecule has 1 unspecified atom stereocenters. The van der Waals surface area contributed by atoms with Crippen LogP contribution in [0.25, 0.3) is 0 Å². The normalized spacial score (nSPS) is 12.3. The van der Waals surface area contributed by atoms with Gasteiger partial charge in [-0.05, 0) is 12.5 Å². The zero-order valence-electron chi connectivity index (χ0n) is 9.50. The van der Waals surface area contributed by atoms with Crippen molar-refractivity contribution in [2.24, 2.45) is 5.84 Å². The maximum atomic E-state index is 9.58. The fourth-order valence-corrected chi connectivity index (χ4v) is 1.82. The Kier molecular flexibility index (Phi) is 5.77. The van der Waals surface area contributed by atoms with Crippen LogP contribution >= 0.6 is 23.2 Å². The third-order valence-corrected chi connectivity index (χ3v) is 2.77. The fraction of sp³-hybridized carbons (Fsp3) is 0.500. The second kappa shape index (κ2) is 6.86. The number of nitrogens with two attached hydrogens (primary N) is 1. The number of nitrogens with zero attached hydrogens (tertiary/aromatic N) is 1. The summed E-state index contributed by atoms with van der Waals surface area (Å²) in [5, 5.41) is 13.3. The van der Waals surface area contributed by atoms with Gasteiger partial charge >= 0.3 is 0 Å². The monoisotopic (exact) mass is 278 g/mol. The Morgan fingerprint density at radius 3 is 2.65 bits per heavy atom. The molecule has 0 aliphatic carbocycles. The Morgan fingerprint density at radius 2 is 2.06 bits per heavy atom.